The molecule has 2 fully saturated rings. The first-order valence-electron chi connectivity index (χ1n) is 10.4. The number of hydrogen-bond donors (Lipinski definition) is 2. The van der Waals surface area contributed by atoms with Gasteiger partial charge in [0.15, 0.2) is 0 Å². The first-order valence-corrected chi connectivity index (χ1v) is 10.4. The number of rotatable bonds is 4. The number of aliphatic hydroxyl groups is 1. The van der Waals surface area contributed by atoms with Gasteiger partial charge in [0.2, 0.25) is 0 Å². The Morgan fingerprint density at radius 1 is 1.27 bits per heavy atom. The second kappa shape index (κ2) is 7.41. The number of ether oxygens (including phenoxy) is 1. The Balaban J connectivity index is 1.83. The fraction of sp³-hybridized carbons (Fsp3) is 0.682. The van der Waals surface area contributed by atoms with Crippen molar-refractivity contribution in [2.24, 2.45) is 5.41 Å². The molecule has 0 unspecified atom stereocenters. The number of likely N-dealkylation sites (tertiary alicyclic amines) is 1. The lowest BCUT2D eigenvalue weighted by atomic mass is 9.70. The molecule has 0 radical (unpaired) electrons. The molecule has 2 heterocycles. The van der Waals surface area contributed by atoms with E-state index in [-0.39, 0.29) is 43.1 Å². The zero-order chi connectivity index (χ0) is 22.5. The van der Waals surface area contributed by atoms with Gasteiger partial charge in [0.05, 0.1) is 17.7 Å². The number of carbonyl (C=O) groups excluding carboxylic acids is 1. The Bertz CT molecular complexity index is 909. The molecule has 30 heavy (non-hydrogen) atoms. The monoisotopic (exact) mass is 420 g/mol. The molecule has 1 aromatic rings. The van der Waals surface area contributed by atoms with Gasteiger partial charge >= 0.3 is 12.1 Å². The quantitative estimate of drug-likeness (QED) is 0.775. The average Bonchev–Trinajstić information content (AvgIpc) is 3.42. The molecule has 2 N–H and O–H groups in total. The molecule has 166 valence electrons. The molecule has 3 rings (SSSR count). The lowest BCUT2D eigenvalue weighted by Crippen LogP contribution is -2.61. The van der Waals surface area contributed by atoms with E-state index in [0.717, 1.165) is 12.8 Å². The first-order chi connectivity index (χ1) is 13.7. The Hall–Kier alpha value is -2.35. The van der Waals surface area contributed by atoms with Crippen LogP contribution in [0.3, 0.4) is 0 Å². The van der Waals surface area contributed by atoms with Crippen LogP contribution in [0.15, 0.2) is 17.1 Å². The maximum atomic E-state index is 12.7. The van der Waals surface area contributed by atoms with Crippen molar-refractivity contribution >= 4 is 12.1 Å². The van der Waals surface area contributed by atoms with E-state index in [9.17, 15) is 24.6 Å². The van der Waals surface area contributed by atoms with Gasteiger partial charge in [-0.05, 0) is 51.5 Å². The van der Waals surface area contributed by atoms with Crippen LogP contribution in [0.1, 0.15) is 75.7 Å². The van der Waals surface area contributed by atoms with Crippen LogP contribution in [-0.2, 0) is 11.3 Å². The number of aromatic carboxylic acids is 1. The summed E-state index contributed by atoms with van der Waals surface area (Å²) >= 11 is 0. The lowest BCUT2D eigenvalue weighted by molar-refractivity contribution is -0.126. The molecule has 8 nitrogen and oxygen atoms in total. The van der Waals surface area contributed by atoms with E-state index in [2.05, 4.69) is 0 Å². The number of piperidine rings is 1. The molecule has 0 aromatic carbocycles. The smallest absolute Gasteiger partial charge is 0.410 e. The Labute approximate surface area is 176 Å². The van der Waals surface area contributed by atoms with E-state index in [1.807, 2.05) is 13.8 Å². The van der Waals surface area contributed by atoms with Crippen molar-refractivity contribution in [3.63, 3.8) is 0 Å². The van der Waals surface area contributed by atoms with Crippen LogP contribution in [-0.4, -0.2) is 56.0 Å². The van der Waals surface area contributed by atoms with Crippen LogP contribution in [0.5, 0.6) is 0 Å². The third-order valence-corrected chi connectivity index (χ3v) is 6.13. The average molecular weight is 421 g/mol. The summed E-state index contributed by atoms with van der Waals surface area (Å²) < 4.78 is 6.74. The van der Waals surface area contributed by atoms with Gasteiger partial charge < -0.3 is 24.4 Å². The van der Waals surface area contributed by atoms with Gasteiger partial charge in [-0.2, -0.15) is 0 Å². The molecule has 1 saturated heterocycles. The summed E-state index contributed by atoms with van der Waals surface area (Å²) in [5.74, 6) is -0.938. The van der Waals surface area contributed by atoms with Crippen LogP contribution in [0.4, 0.5) is 4.79 Å². The molecule has 1 aromatic heterocycles. The molecular formula is C22H32N2O6. The number of carbonyl (C=O) groups is 2. The van der Waals surface area contributed by atoms with Gasteiger partial charge in [-0.3, -0.25) is 4.79 Å². The molecule has 1 saturated carbocycles. The van der Waals surface area contributed by atoms with E-state index in [1.165, 1.54) is 16.8 Å². The van der Waals surface area contributed by atoms with Crippen molar-refractivity contribution in [1.29, 1.82) is 0 Å². The predicted molar refractivity (Wildman–Crippen MR) is 111 cm³/mol. The molecule has 2 aliphatic rings. The predicted octanol–water partition coefficient (Wildman–Crippen LogP) is 2.82. The van der Waals surface area contributed by atoms with Gasteiger partial charge in [0, 0.05) is 30.8 Å². The second-order valence-electron chi connectivity index (χ2n) is 10.3. The van der Waals surface area contributed by atoms with E-state index >= 15 is 0 Å². The third-order valence-electron chi connectivity index (χ3n) is 6.13. The highest BCUT2D eigenvalue weighted by Crippen LogP contribution is 2.42. The van der Waals surface area contributed by atoms with Gasteiger partial charge in [-0.25, -0.2) is 9.59 Å². The maximum Gasteiger partial charge on any atom is 0.410 e. The zero-order valence-electron chi connectivity index (χ0n) is 18.4. The van der Waals surface area contributed by atoms with Crippen LogP contribution in [0.25, 0.3) is 0 Å². The van der Waals surface area contributed by atoms with E-state index < -0.39 is 28.7 Å². The SMILES string of the molecule is CC(C)(C)OC(=O)N1CC[C@@](O)(Cn2cc(C(=O)O)c(C3CC3)cc2=O)C(C)(C)C1. The molecule has 1 aliphatic carbocycles. The highest BCUT2D eigenvalue weighted by Gasteiger charge is 2.49. The maximum absolute atomic E-state index is 12.7. The number of nitrogens with zero attached hydrogens (tertiary/aromatic N) is 2. The fourth-order valence-electron chi connectivity index (χ4n) is 4.04. The van der Waals surface area contributed by atoms with Crippen molar-refractivity contribution < 1.29 is 24.5 Å². The van der Waals surface area contributed by atoms with Crippen molar-refractivity contribution in [3.05, 3.63) is 33.7 Å². The summed E-state index contributed by atoms with van der Waals surface area (Å²) in [5, 5.41) is 21.0. The highest BCUT2D eigenvalue weighted by molar-refractivity contribution is 5.89. The summed E-state index contributed by atoms with van der Waals surface area (Å²) in [4.78, 5) is 38.4. The van der Waals surface area contributed by atoms with Crippen LogP contribution in [0.2, 0.25) is 0 Å². The zero-order valence-corrected chi connectivity index (χ0v) is 18.4. The summed E-state index contributed by atoms with van der Waals surface area (Å²) in [6, 6.07) is 1.40. The Morgan fingerprint density at radius 3 is 2.40 bits per heavy atom. The largest absolute Gasteiger partial charge is 0.478 e. The van der Waals surface area contributed by atoms with Crippen molar-refractivity contribution in [2.45, 2.75) is 77.5 Å². The van der Waals surface area contributed by atoms with Crippen LogP contribution >= 0.6 is 0 Å². The van der Waals surface area contributed by atoms with E-state index in [0.29, 0.717) is 5.56 Å². The van der Waals surface area contributed by atoms with E-state index in [4.69, 9.17) is 4.74 Å². The summed E-state index contributed by atoms with van der Waals surface area (Å²) in [7, 11) is 0. The summed E-state index contributed by atoms with van der Waals surface area (Å²) in [6.07, 6.45) is 2.95. The lowest BCUT2D eigenvalue weighted by Gasteiger charge is -2.50. The van der Waals surface area contributed by atoms with Crippen molar-refractivity contribution in [3.8, 4) is 0 Å². The van der Waals surface area contributed by atoms with Gasteiger partial charge in [-0.15, -0.1) is 0 Å². The normalized spacial score (nSPS) is 23.9. The third kappa shape index (κ3) is 4.53. The number of pyridine rings is 1. The second-order valence-corrected chi connectivity index (χ2v) is 10.3. The van der Waals surface area contributed by atoms with E-state index in [1.54, 1.807) is 25.7 Å². The van der Waals surface area contributed by atoms with Gasteiger partial charge in [0.1, 0.15) is 5.60 Å². The highest BCUT2D eigenvalue weighted by atomic mass is 16.6. The van der Waals surface area contributed by atoms with Crippen LogP contribution in [0, 0.1) is 5.41 Å². The van der Waals surface area contributed by atoms with Crippen molar-refractivity contribution in [1.82, 2.24) is 9.47 Å². The number of amides is 1. The minimum atomic E-state index is -1.29. The standard InChI is InChI=1S/C22H32N2O6/c1-20(2,3)30-19(28)23-9-8-22(29,21(4,5)12-23)13-24-11-16(18(26)27)15(10-17(24)25)14-6-7-14/h10-11,14,29H,6-9,12-13H2,1-5H3,(H,26,27)/t22-/m1/s1. The van der Waals surface area contributed by atoms with Crippen LogP contribution < -0.4 is 5.56 Å². The summed E-state index contributed by atoms with van der Waals surface area (Å²) in [6.45, 7) is 9.59. The molecule has 1 atom stereocenters. The molecule has 1 amide bonds. The molecule has 8 heteroatoms. The first kappa shape index (κ1) is 22.3. The molecular weight excluding hydrogens is 388 g/mol. The Morgan fingerprint density at radius 2 is 1.90 bits per heavy atom. The van der Waals surface area contributed by atoms with Gasteiger partial charge in [0.25, 0.3) is 5.56 Å². The molecule has 0 spiro atoms. The molecule has 1 aliphatic heterocycles. The number of hydrogen-bond acceptors (Lipinski definition) is 5. The summed E-state index contributed by atoms with van der Waals surface area (Å²) in [5.41, 5.74) is -2.26. The number of carboxylic acids is 1. The molecule has 0 bridgehead atoms. The number of aromatic nitrogens is 1. The minimum Gasteiger partial charge on any atom is -0.478 e. The topological polar surface area (TPSA) is 109 Å². The van der Waals surface area contributed by atoms with Crippen molar-refractivity contribution in [2.75, 3.05) is 13.1 Å². The minimum absolute atomic E-state index is 0.0355. The fourth-order valence-corrected chi connectivity index (χ4v) is 4.04. The van der Waals surface area contributed by atoms with Gasteiger partial charge in [-0.1, -0.05) is 13.8 Å². The Kier molecular flexibility index (Phi) is 5.52. The number of carboxylic acid groups (broad SMARTS) is 1.